The number of rotatable bonds is 5. The zero-order chi connectivity index (χ0) is 18.2. The van der Waals surface area contributed by atoms with E-state index in [-0.39, 0.29) is 0 Å². The molecule has 0 bridgehead atoms. The van der Waals surface area contributed by atoms with Crippen molar-refractivity contribution < 1.29 is 4.74 Å². The molecule has 0 aromatic carbocycles. The van der Waals surface area contributed by atoms with Crippen LogP contribution in [0.2, 0.25) is 0 Å². The molecule has 5 rings (SSSR count). The molecule has 1 saturated carbocycles. The van der Waals surface area contributed by atoms with Gasteiger partial charge in [-0.25, -0.2) is 4.98 Å². The van der Waals surface area contributed by atoms with Gasteiger partial charge in [-0.05, 0) is 44.6 Å². The second-order valence-corrected chi connectivity index (χ2v) is 7.67. The predicted octanol–water partition coefficient (Wildman–Crippen LogP) is 3.00. The van der Waals surface area contributed by atoms with E-state index in [1.807, 2.05) is 23.6 Å². The molecule has 2 aliphatic rings. The normalized spacial score (nSPS) is 18.2. The van der Waals surface area contributed by atoms with E-state index in [0.29, 0.717) is 24.3 Å². The summed E-state index contributed by atoms with van der Waals surface area (Å²) in [5, 5.41) is 12.9. The Morgan fingerprint density at radius 3 is 2.67 bits per heavy atom. The van der Waals surface area contributed by atoms with Gasteiger partial charge in [0.25, 0.3) is 0 Å². The van der Waals surface area contributed by atoms with Crippen molar-refractivity contribution in [3.05, 3.63) is 41.9 Å². The Bertz CT molecular complexity index is 925. The number of piperidine rings is 1. The summed E-state index contributed by atoms with van der Waals surface area (Å²) in [7, 11) is 0. The molecule has 0 spiro atoms. The topological polar surface area (TPSA) is 68.4 Å². The third-order valence-electron chi connectivity index (χ3n) is 5.53. The van der Waals surface area contributed by atoms with E-state index in [2.05, 4.69) is 37.3 Å². The van der Waals surface area contributed by atoms with Crippen molar-refractivity contribution in [3.8, 4) is 5.88 Å². The van der Waals surface area contributed by atoms with Crippen molar-refractivity contribution >= 4 is 11.5 Å². The lowest BCUT2D eigenvalue weighted by Gasteiger charge is -2.33. The highest BCUT2D eigenvalue weighted by molar-refractivity contribution is 5.50. The Kier molecular flexibility index (Phi) is 4.14. The van der Waals surface area contributed by atoms with Crippen molar-refractivity contribution in [2.45, 2.75) is 38.5 Å². The molecule has 140 valence electrons. The number of aromatic nitrogens is 5. The van der Waals surface area contributed by atoms with Gasteiger partial charge in [-0.1, -0.05) is 0 Å². The SMILES string of the molecule is Cc1cc(N2CCC(COc3ccc(C4CC4)nn3)CC2)n2nccc2n1. The minimum absolute atomic E-state index is 0.544. The van der Waals surface area contributed by atoms with Crippen LogP contribution in [0, 0.1) is 12.8 Å². The van der Waals surface area contributed by atoms with Crippen LogP contribution in [0.4, 0.5) is 5.82 Å². The Labute approximate surface area is 158 Å². The third kappa shape index (κ3) is 3.46. The van der Waals surface area contributed by atoms with Gasteiger partial charge in [0.05, 0.1) is 18.5 Å². The van der Waals surface area contributed by atoms with Crippen LogP contribution in [0.3, 0.4) is 0 Å². The highest BCUT2D eigenvalue weighted by Crippen LogP contribution is 2.38. The summed E-state index contributed by atoms with van der Waals surface area (Å²) in [4.78, 5) is 6.93. The van der Waals surface area contributed by atoms with E-state index in [9.17, 15) is 0 Å². The quantitative estimate of drug-likeness (QED) is 0.693. The molecular formula is C20H24N6O. The first-order valence-electron chi connectivity index (χ1n) is 9.79. The average Bonchev–Trinajstić information content (AvgIpc) is 3.44. The van der Waals surface area contributed by atoms with Crippen LogP contribution in [-0.2, 0) is 0 Å². The molecule has 1 aliphatic carbocycles. The summed E-state index contributed by atoms with van der Waals surface area (Å²) in [6.45, 7) is 4.74. The molecule has 7 nitrogen and oxygen atoms in total. The fourth-order valence-corrected chi connectivity index (χ4v) is 3.78. The summed E-state index contributed by atoms with van der Waals surface area (Å²) < 4.78 is 7.83. The van der Waals surface area contributed by atoms with Crippen molar-refractivity contribution in [1.82, 2.24) is 24.8 Å². The summed E-state index contributed by atoms with van der Waals surface area (Å²) in [5.41, 5.74) is 3.04. The highest BCUT2D eigenvalue weighted by Gasteiger charge is 2.25. The zero-order valence-corrected chi connectivity index (χ0v) is 15.6. The molecule has 0 radical (unpaired) electrons. The number of hydrogen-bond donors (Lipinski definition) is 0. The first-order chi connectivity index (χ1) is 13.3. The highest BCUT2D eigenvalue weighted by atomic mass is 16.5. The molecule has 3 aromatic heterocycles. The molecule has 0 atom stereocenters. The lowest BCUT2D eigenvalue weighted by atomic mass is 9.98. The van der Waals surface area contributed by atoms with E-state index in [0.717, 1.165) is 48.8 Å². The Balaban J connectivity index is 1.18. The second kappa shape index (κ2) is 6.79. The molecule has 0 unspecified atom stereocenters. The maximum atomic E-state index is 5.90. The number of aryl methyl sites for hydroxylation is 1. The van der Waals surface area contributed by atoms with Gasteiger partial charge in [-0.2, -0.15) is 14.7 Å². The lowest BCUT2D eigenvalue weighted by molar-refractivity contribution is 0.214. The summed E-state index contributed by atoms with van der Waals surface area (Å²) in [6, 6.07) is 8.09. The molecule has 0 N–H and O–H groups in total. The van der Waals surface area contributed by atoms with Crippen LogP contribution in [-0.4, -0.2) is 44.5 Å². The fraction of sp³-hybridized carbons (Fsp3) is 0.500. The van der Waals surface area contributed by atoms with Crippen molar-refractivity contribution in [3.63, 3.8) is 0 Å². The van der Waals surface area contributed by atoms with Crippen molar-refractivity contribution in [2.75, 3.05) is 24.6 Å². The maximum absolute atomic E-state index is 5.90. The van der Waals surface area contributed by atoms with Gasteiger partial charge in [0.15, 0.2) is 5.65 Å². The van der Waals surface area contributed by atoms with E-state index in [4.69, 9.17) is 4.74 Å². The molecule has 2 fully saturated rings. The van der Waals surface area contributed by atoms with Crippen LogP contribution in [0.5, 0.6) is 5.88 Å². The zero-order valence-electron chi connectivity index (χ0n) is 15.6. The van der Waals surface area contributed by atoms with Crippen LogP contribution in [0.25, 0.3) is 5.65 Å². The summed E-state index contributed by atoms with van der Waals surface area (Å²) in [6.07, 6.45) is 6.49. The average molecular weight is 364 g/mol. The minimum Gasteiger partial charge on any atom is -0.476 e. The van der Waals surface area contributed by atoms with Crippen LogP contribution in [0.1, 0.15) is 43.0 Å². The molecule has 1 saturated heterocycles. The van der Waals surface area contributed by atoms with Gasteiger partial charge in [-0.15, -0.1) is 5.10 Å². The smallest absolute Gasteiger partial charge is 0.233 e. The standard InChI is InChI=1S/C20H24N6O/c1-14-12-20(26-18(22-14)6-9-21-26)25-10-7-15(8-11-25)13-27-19-5-4-17(23-24-19)16-2-3-16/h4-6,9,12,15-16H,2-3,7-8,10-11,13H2,1H3. The Morgan fingerprint density at radius 2 is 1.93 bits per heavy atom. The lowest BCUT2D eigenvalue weighted by Crippen LogP contribution is -2.36. The van der Waals surface area contributed by atoms with Crippen LogP contribution >= 0.6 is 0 Å². The largest absolute Gasteiger partial charge is 0.476 e. The second-order valence-electron chi connectivity index (χ2n) is 7.67. The van der Waals surface area contributed by atoms with Gasteiger partial charge in [-0.3, -0.25) is 0 Å². The van der Waals surface area contributed by atoms with Gasteiger partial charge in [0.1, 0.15) is 5.82 Å². The fourth-order valence-electron chi connectivity index (χ4n) is 3.78. The third-order valence-corrected chi connectivity index (χ3v) is 5.53. The van der Waals surface area contributed by atoms with Gasteiger partial charge < -0.3 is 9.64 Å². The molecule has 27 heavy (non-hydrogen) atoms. The molecule has 3 aromatic rings. The van der Waals surface area contributed by atoms with E-state index in [1.54, 1.807) is 6.20 Å². The van der Waals surface area contributed by atoms with E-state index < -0.39 is 0 Å². The van der Waals surface area contributed by atoms with Gasteiger partial charge >= 0.3 is 0 Å². The minimum atomic E-state index is 0.544. The molecule has 7 heteroatoms. The number of anilines is 1. The number of fused-ring (bicyclic) bond motifs is 1. The van der Waals surface area contributed by atoms with E-state index in [1.165, 1.54) is 12.8 Å². The van der Waals surface area contributed by atoms with Gasteiger partial charge in [0.2, 0.25) is 5.88 Å². The summed E-state index contributed by atoms with van der Waals surface area (Å²) in [5.74, 6) is 2.95. The number of ether oxygens (including phenoxy) is 1. The number of hydrogen-bond acceptors (Lipinski definition) is 6. The molecule has 0 amide bonds. The molecular weight excluding hydrogens is 340 g/mol. The van der Waals surface area contributed by atoms with Crippen molar-refractivity contribution in [2.24, 2.45) is 5.92 Å². The van der Waals surface area contributed by atoms with E-state index >= 15 is 0 Å². The van der Waals surface area contributed by atoms with Crippen LogP contribution < -0.4 is 9.64 Å². The van der Waals surface area contributed by atoms with Crippen LogP contribution in [0.15, 0.2) is 30.5 Å². The molecule has 1 aliphatic heterocycles. The Morgan fingerprint density at radius 1 is 1.07 bits per heavy atom. The van der Waals surface area contributed by atoms with Crippen molar-refractivity contribution in [1.29, 1.82) is 0 Å². The number of nitrogens with zero attached hydrogens (tertiary/aromatic N) is 6. The summed E-state index contributed by atoms with van der Waals surface area (Å²) >= 11 is 0. The first-order valence-corrected chi connectivity index (χ1v) is 9.79. The molecule has 4 heterocycles. The first kappa shape index (κ1) is 16.5. The monoisotopic (exact) mass is 364 g/mol. The predicted molar refractivity (Wildman–Crippen MR) is 102 cm³/mol. The van der Waals surface area contributed by atoms with Gasteiger partial charge in [0, 0.05) is 42.9 Å². The maximum Gasteiger partial charge on any atom is 0.233 e. The Hall–Kier alpha value is -2.70.